The Morgan fingerprint density at radius 2 is 0.517 bits per heavy atom. The Hall–Kier alpha value is -1.94. The van der Waals surface area contributed by atoms with E-state index in [0.717, 1.165) is 109 Å². The number of carbonyl (C=O) groups excluding carboxylic acids is 4. The van der Waals surface area contributed by atoms with Gasteiger partial charge in [0.2, 0.25) is 0 Å². The number of ether oxygens (including phenoxy) is 4. The highest BCUT2D eigenvalue weighted by atomic mass is 31.2. The molecule has 0 aliphatic rings. The number of hydrogen-bond acceptors (Lipinski definition) is 15. The number of aliphatic hydroxyl groups excluding tert-OH is 1. The highest BCUT2D eigenvalue weighted by Crippen LogP contribution is 2.45. The van der Waals surface area contributed by atoms with Gasteiger partial charge in [0.1, 0.15) is 19.3 Å². The fraction of sp³-hybridized carbons (Fsp3) is 0.943. The van der Waals surface area contributed by atoms with Gasteiger partial charge >= 0.3 is 39.5 Å². The fourth-order valence-corrected chi connectivity index (χ4v) is 12.2. The molecule has 0 bridgehead atoms. The Morgan fingerprint density at radius 1 is 0.303 bits per heavy atom. The molecule has 3 N–H and O–H groups in total. The Bertz CT molecular complexity index is 1720. The molecule has 0 spiro atoms. The Morgan fingerprint density at radius 3 is 0.764 bits per heavy atom. The van der Waals surface area contributed by atoms with E-state index in [9.17, 15) is 43.2 Å². The summed E-state index contributed by atoms with van der Waals surface area (Å²) in [5.41, 5.74) is 0. The lowest BCUT2D eigenvalue weighted by Gasteiger charge is -2.21. The Labute approximate surface area is 543 Å². The first-order chi connectivity index (χ1) is 43.0. The third-order valence-corrected chi connectivity index (χ3v) is 18.2. The molecule has 528 valence electrons. The second-order valence-electron chi connectivity index (χ2n) is 25.7. The van der Waals surface area contributed by atoms with Crippen molar-refractivity contribution in [3.8, 4) is 0 Å². The zero-order valence-electron chi connectivity index (χ0n) is 57.6. The minimum Gasteiger partial charge on any atom is -0.462 e. The zero-order chi connectivity index (χ0) is 65.6. The van der Waals surface area contributed by atoms with Crippen molar-refractivity contribution in [3.05, 3.63) is 0 Å². The van der Waals surface area contributed by atoms with Crippen LogP contribution in [0.25, 0.3) is 0 Å². The van der Waals surface area contributed by atoms with Crippen molar-refractivity contribution < 1.29 is 80.2 Å². The van der Waals surface area contributed by atoms with E-state index in [1.54, 1.807) is 0 Å². The minimum absolute atomic E-state index is 0.106. The van der Waals surface area contributed by atoms with Crippen LogP contribution in [0.5, 0.6) is 0 Å². The van der Waals surface area contributed by atoms with Crippen molar-refractivity contribution in [1.82, 2.24) is 0 Å². The SMILES string of the molecule is CCCCCCCCCCCCCCCCCCCCCC(=O)O[C@H](COC(=O)CCCCCCCCCCCCC(C)C)COP(=O)(O)OC[C@@H](O)COP(=O)(O)OC[C@@H](COC(=O)CCCCCCCCC)OC(=O)CCCCCCCCCCCC. The Kier molecular flexibility index (Phi) is 62.1. The van der Waals surface area contributed by atoms with E-state index in [2.05, 4.69) is 34.6 Å². The topological polar surface area (TPSA) is 237 Å². The van der Waals surface area contributed by atoms with Crippen LogP contribution in [-0.2, 0) is 65.4 Å². The largest absolute Gasteiger partial charge is 0.472 e. The summed E-state index contributed by atoms with van der Waals surface area (Å²) in [5, 5.41) is 10.6. The number of phosphoric acid groups is 2. The molecule has 0 aromatic rings. The molecule has 0 saturated heterocycles. The average Bonchev–Trinajstić information content (AvgIpc) is 3.70. The molecule has 5 atom stereocenters. The van der Waals surface area contributed by atoms with Gasteiger partial charge in [0.05, 0.1) is 26.4 Å². The van der Waals surface area contributed by atoms with Gasteiger partial charge in [-0.2, -0.15) is 0 Å². The van der Waals surface area contributed by atoms with E-state index in [1.807, 2.05) is 0 Å². The molecule has 0 aromatic carbocycles. The van der Waals surface area contributed by atoms with E-state index >= 15 is 0 Å². The smallest absolute Gasteiger partial charge is 0.462 e. The molecule has 0 aromatic heterocycles. The van der Waals surface area contributed by atoms with Gasteiger partial charge in [-0.15, -0.1) is 0 Å². The van der Waals surface area contributed by atoms with Crippen molar-refractivity contribution in [3.63, 3.8) is 0 Å². The van der Waals surface area contributed by atoms with Crippen LogP contribution in [0.1, 0.15) is 362 Å². The summed E-state index contributed by atoms with van der Waals surface area (Å²) >= 11 is 0. The second kappa shape index (κ2) is 63.5. The van der Waals surface area contributed by atoms with E-state index in [1.165, 1.54) is 173 Å². The third-order valence-electron chi connectivity index (χ3n) is 16.3. The molecule has 0 aliphatic heterocycles. The van der Waals surface area contributed by atoms with E-state index in [4.69, 9.17) is 37.0 Å². The van der Waals surface area contributed by atoms with Gasteiger partial charge in [-0.25, -0.2) is 9.13 Å². The van der Waals surface area contributed by atoms with Crippen molar-refractivity contribution in [2.24, 2.45) is 5.92 Å². The lowest BCUT2D eigenvalue weighted by Crippen LogP contribution is -2.30. The van der Waals surface area contributed by atoms with Gasteiger partial charge < -0.3 is 33.8 Å². The molecule has 0 saturated carbocycles. The summed E-state index contributed by atoms with van der Waals surface area (Å²) < 4.78 is 68.1. The number of esters is 4. The van der Waals surface area contributed by atoms with Gasteiger partial charge in [-0.3, -0.25) is 37.3 Å². The maximum Gasteiger partial charge on any atom is 0.472 e. The monoisotopic (exact) mass is 1310 g/mol. The van der Waals surface area contributed by atoms with Crippen molar-refractivity contribution in [2.75, 3.05) is 39.6 Å². The number of hydrogen-bond donors (Lipinski definition) is 3. The first-order valence-electron chi connectivity index (χ1n) is 36.6. The molecule has 19 heteroatoms. The maximum atomic E-state index is 13.0. The van der Waals surface area contributed by atoms with Crippen LogP contribution in [0.4, 0.5) is 0 Å². The van der Waals surface area contributed by atoms with Gasteiger partial charge in [-0.05, 0) is 31.6 Å². The molecule has 0 radical (unpaired) electrons. The zero-order valence-corrected chi connectivity index (χ0v) is 59.4. The second-order valence-corrected chi connectivity index (χ2v) is 28.7. The van der Waals surface area contributed by atoms with Gasteiger partial charge in [0.15, 0.2) is 12.2 Å². The highest BCUT2D eigenvalue weighted by molar-refractivity contribution is 7.47. The lowest BCUT2D eigenvalue weighted by atomic mass is 10.0. The average molecular weight is 1310 g/mol. The maximum absolute atomic E-state index is 13.0. The molecule has 0 fully saturated rings. The van der Waals surface area contributed by atoms with Crippen LogP contribution in [-0.4, -0.2) is 96.7 Å². The molecule has 0 heterocycles. The molecular formula is C70H136O17P2. The summed E-state index contributed by atoms with van der Waals surface area (Å²) in [4.78, 5) is 72.4. The molecule has 0 aliphatic carbocycles. The first kappa shape index (κ1) is 87.1. The molecule has 17 nitrogen and oxygen atoms in total. The van der Waals surface area contributed by atoms with E-state index < -0.39 is 97.5 Å². The number of phosphoric ester groups is 2. The highest BCUT2D eigenvalue weighted by Gasteiger charge is 2.30. The van der Waals surface area contributed by atoms with Crippen molar-refractivity contribution >= 4 is 39.5 Å². The Balaban J connectivity index is 5.17. The molecule has 0 amide bonds. The quantitative estimate of drug-likeness (QED) is 0.0222. The first-order valence-corrected chi connectivity index (χ1v) is 39.6. The van der Waals surface area contributed by atoms with Crippen molar-refractivity contribution in [2.45, 2.75) is 380 Å². The third kappa shape index (κ3) is 64.6. The number of unbranched alkanes of at least 4 members (excludes halogenated alkanes) is 42. The summed E-state index contributed by atoms with van der Waals surface area (Å²) in [6.45, 7) is 7.19. The molecule has 2 unspecified atom stereocenters. The van der Waals surface area contributed by atoms with Gasteiger partial charge in [0, 0.05) is 25.7 Å². The van der Waals surface area contributed by atoms with Gasteiger partial charge in [0.25, 0.3) is 0 Å². The fourth-order valence-electron chi connectivity index (χ4n) is 10.6. The number of carbonyl (C=O) groups is 4. The number of aliphatic hydroxyl groups is 1. The number of rotatable bonds is 70. The van der Waals surface area contributed by atoms with Gasteiger partial charge in [-0.1, -0.05) is 311 Å². The van der Waals surface area contributed by atoms with Crippen LogP contribution in [0.3, 0.4) is 0 Å². The predicted molar refractivity (Wildman–Crippen MR) is 358 cm³/mol. The van der Waals surface area contributed by atoms with Crippen molar-refractivity contribution in [1.29, 1.82) is 0 Å². The summed E-state index contributed by atoms with van der Waals surface area (Å²) in [7, 11) is -9.89. The lowest BCUT2D eigenvalue weighted by molar-refractivity contribution is -0.161. The standard InChI is InChI=1S/C70H136O17P2/c1-6-9-12-15-18-20-22-23-24-25-26-27-28-29-30-36-41-46-51-56-70(75)87-66(60-81-68(73)54-49-44-39-35-32-31-33-38-42-47-52-63(4)5)62-85-89(78,79)83-58-64(71)57-82-88(76,77)84-61-65(59-80-67(72)53-48-43-37-17-14-11-8-3)86-69(74)55-50-45-40-34-21-19-16-13-10-7-2/h63-66,71H,6-62H2,1-5H3,(H,76,77)(H,78,79)/t64-,65+,66+/m0/s1. The van der Waals surface area contributed by atoms with Crippen LogP contribution in [0.15, 0.2) is 0 Å². The summed E-state index contributed by atoms with van der Waals surface area (Å²) in [6.07, 6.45) is 50.1. The normalized spacial score (nSPS) is 14.1. The minimum atomic E-state index is -4.95. The predicted octanol–water partition coefficient (Wildman–Crippen LogP) is 20.1. The molecular weight excluding hydrogens is 1170 g/mol. The molecule has 0 rings (SSSR count). The summed E-state index contributed by atoms with van der Waals surface area (Å²) in [5.74, 6) is -1.37. The molecule has 89 heavy (non-hydrogen) atoms. The van der Waals surface area contributed by atoms with Crippen LogP contribution in [0.2, 0.25) is 0 Å². The van der Waals surface area contributed by atoms with E-state index in [0.29, 0.717) is 25.7 Å². The van der Waals surface area contributed by atoms with Crippen LogP contribution >= 0.6 is 15.6 Å². The summed E-state index contributed by atoms with van der Waals surface area (Å²) in [6, 6.07) is 0. The van der Waals surface area contributed by atoms with E-state index in [-0.39, 0.29) is 25.7 Å². The van der Waals surface area contributed by atoms with Crippen LogP contribution in [0, 0.1) is 5.92 Å². The van der Waals surface area contributed by atoms with Crippen LogP contribution < -0.4 is 0 Å².